The Morgan fingerprint density at radius 2 is 1.70 bits per heavy atom. The number of benzene rings is 2. The molecule has 4 rings (SSSR count). The van der Waals surface area contributed by atoms with Crippen LogP contribution in [0.3, 0.4) is 0 Å². The average Bonchev–Trinajstić information content (AvgIpc) is 2.71. The van der Waals surface area contributed by atoms with Gasteiger partial charge in [0, 0.05) is 30.4 Å². The lowest BCUT2D eigenvalue weighted by Gasteiger charge is -2.28. The third-order valence-corrected chi connectivity index (χ3v) is 4.75. The molecule has 1 aromatic heterocycles. The summed E-state index contributed by atoms with van der Waals surface area (Å²) >= 11 is 0. The van der Waals surface area contributed by atoms with Crippen molar-refractivity contribution >= 4 is 17.5 Å². The fraction of sp³-hybridized carbons (Fsp3) is 0.273. The fourth-order valence-electron chi connectivity index (χ4n) is 3.28. The van der Waals surface area contributed by atoms with Gasteiger partial charge in [-0.05, 0) is 25.5 Å². The molecule has 1 aliphatic heterocycles. The summed E-state index contributed by atoms with van der Waals surface area (Å²) in [7, 11) is 0. The molecule has 0 atom stereocenters. The fourth-order valence-corrected chi connectivity index (χ4v) is 3.28. The van der Waals surface area contributed by atoms with Crippen molar-refractivity contribution in [1.29, 1.82) is 0 Å². The smallest absolute Gasteiger partial charge is 0.229 e. The first kappa shape index (κ1) is 17.5. The van der Waals surface area contributed by atoms with Crippen LogP contribution in [0.5, 0.6) is 0 Å². The molecule has 1 aliphatic rings. The average molecular weight is 360 g/mol. The van der Waals surface area contributed by atoms with Crippen molar-refractivity contribution in [2.75, 3.05) is 36.5 Å². The van der Waals surface area contributed by atoms with Gasteiger partial charge in [0.05, 0.1) is 18.9 Å². The molecule has 1 N–H and O–H groups in total. The summed E-state index contributed by atoms with van der Waals surface area (Å²) < 4.78 is 5.49. The molecule has 0 saturated carbocycles. The molecular formula is C22H24N4O. The molecule has 5 heteroatoms. The highest BCUT2D eigenvalue weighted by atomic mass is 16.5. The maximum absolute atomic E-state index is 5.49. The van der Waals surface area contributed by atoms with E-state index in [9.17, 15) is 0 Å². The number of nitrogens with one attached hydrogen (secondary N) is 1. The van der Waals surface area contributed by atoms with E-state index in [1.54, 1.807) is 0 Å². The van der Waals surface area contributed by atoms with Crippen LogP contribution in [0, 0.1) is 13.8 Å². The van der Waals surface area contributed by atoms with Crippen LogP contribution in [0.25, 0.3) is 11.3 Å². The van der Waals surface area contributed by atoms with Gasteiger partial charge in [0.25, 0.3) is 0 Å². The number of anilines is 3. The second kappa shape index (κ2) is 7.76. The monoisotopic (exact) mass is 360 g/mol. The first-order valence-corrected chi connectivity index (χ1v) is 9.30. The zero-order chi connectivity index (χ0) is 18.6. The summed E-state index contributed by atoms with van der Waals surface area (Å²) in [6.45, 7) is 7.33. The Morgan fingerprint density at radius 1 is 0.926 bits per heavy atom. The van der Waals surface area contributed by atoms with E-state index in [2.05, 4.69) is 60.5 Å². The van der Waals surface area contributed by atoms with Crippen molar-refractivity contribution < 1.29 is 4.74 Å². The lowest BCUT2D eigenvalue weighted by atomic mass is 10.1. The lowest BCUT2D eigenvalue weighted by molar-refractivity contribution is 0.122. The van der Waals surface area contributed by atoms with Crippen LogP contribution in [0.1, 0.15) is 11.1 Å². The minimum absolute atomic E-state index is 0.616. The van der Waals surface area contributed by atoms with Crippen LogP contribution in [-0.4, -0.2) is 36.3 Å². The largest absolute Gasteiger partial charge is 0.378 e. The highest BCUT2D eigenvalue weighted by Crippen LogP contribution is 2.26. The highest BCUT2D eigenvalue weighted by molar-refractivity contribution is 5.67. The van der Waals surface area contributed by atoms with Crippen molar-refractivity contribution in [3.05, 3.63) is 65.7 Å². The number of hydrogen-bond acceptors (Lipinski definition) is 5. The molecule has 0 aliphatic carbocycles. The normalized spacial score (nSPS) is 14.2. The predicted molar refractivity (Wildman–Crippen MR) is 110 cm³/mol. The summed E-state index contributed by atoms with van der Waals surface area (Å²) in [4.78, 5) is 11.8. The molecule has 0 unspecified atom stereocenters. The van der Waals surface area contributed by atoms with Crippen molar-refractivity contribution in [3.63, 3.8) is 0 Å². The molecule has 2 aromatic carbocycles. The summed E-state index contributed by atoms with van der Waals surface area (Å²) in [5, 5.41) is 3.41. The zero-order valence-corrected chi connectivity index (χ0v) is 15.8. The molecular weight excluding hydrogens is 336 g/mol. The predicted octanol–water partition coefficient (Wildman–Crippen LogP) is 4.34. The van der Waals surface area contributed by atoms with E-state index in [0.29, 0.717) is 5.95 Å². The molecule has 3 aromatic rings. The van der Waals surface area contributed by atoms with E-state index in [1.807, 2.05) is 18.2 Å². The van der Waals surface area contributed by atoms with E-state index in [4.69, 9.17) is 14.7 Å². The number of aromatic nitrogens is 2. The van der Waals surface area contributed by atoms with Crippen LogP contribution in [0.4, 0.5) is 17.5 Å². The maximum atomic E-state index is 5.49. The molecule has 138 valence electrons. The number of ether oxygens (including phenoxy) is 1. The Kier molecular flexibility index (Phi) is 5.03. The molecule has 0 bridgehead atoms. The SMILES string of the molecule is Cc1ccc(Nc2nc(-c3ccccc3)cc(N3CCOCC3)n2)c(C)c1. The standard InChI is InChI=1S/C22H24N4O/c1-16-8-9-19(17(2)14-16)23-22-24-20(18-6-4-3-5-7-18)15-21(25-22)26-10-12-27-13-11-26/h3-9,14-15H,10-13H2,1-2H3,(H,23,24,25). The molecule has 0 radical (unpaired) electrons. The van der Waals surface area contributed by atoms with Gasteiger partial charge < -0.3 is 15.0 Å². The molecule has 1 saturated heterocycles. The second-order valence-electron chi connectivity index (χ2n) is 6.84. The Labute approximate surface area is 160 Å². The third kappa shape index (κ3) is 4.09. The van der Waals surface area contributed by atoms with Crippen molar-refractivity contribution in [2.45, 2.75) is 13.8 Å². The summed E-state index contributed by atoms with van der Waals surface area (Å²) in [5.74, 6) is 1.55. The van der Waals surface area contributed by atoms with Gasteiger partial charge in [-0.3, -0.25) is 0 Å². The van der Waals surface area contributed by atoms with Crippen LogP contribution < -0.4 is 10.2 Å². The van der Waals surface area contributed by atoms with Gasteiger partial charge in [-0.1, -0.05) is 48.0 Å². The number of nitrogens with zero attached hydrogens (tertiary/aromatic N) is 3. The third-order valence-electron chi connectivity index (χ3n) is 4.75. The number of hydrogen-bond donors (Lipinski definition) is 1. The quantitative estimate of drug-likeness (QED) is 0.750. The van der Waals surface area contributed by atoms with Crippen LogP contribution >= 0.6 is 0 Å². The number of aryl methyl sites for hydroxylation is 2. The second-order valence-corrected chi connectivity index (χ2v) is 6.84. The van der Waals surface area contributed by atoms with Crippen LogP contribution in [0.15, 0.2) is 54.6 Å². The van der Waals surface area contributed by atoms with Gasteiger partial charge >= 0.3 is 0 Å². The molecule has 5 nitrogen and oxygen atoms in total. The summed E-state index contributed by atoms with van der Waals surface area (Å²) in [5.41, 5.74) is 5.44. The highest BCUT2D eigenvalue weighted by Gasteiger charge is 2.16. The van der Waals surface area contributed by atoms with Crippen molar-refractivity contribution in [1.82, 2.24) is 9.97 Å². The number of rotatable bonds is 4. The van der Waals surface area contributed by atoms with Gasteiger partial charge in [0.1, 0.15) is 5.82 Å². The maximum Gasteiger partial charge on any atom is 0.229 e. The summed E-state index contributed by atoms with van der Waals surface area (Å²) in [6.07, 6.45) is 0. The first-order valence-electron chi connectivity index (χ1n) is 9.30. The first-order chi connectivity index (χ1) is 13.2. The topological polar surface area (TPSA) is 50.3 Å². The minimum atomic E-state index is 0.616. The van der Waals surface area contributed by atoms with E-state index in [-0.39, 0.29) is 0 Å². The zero-order valence-electron chi connectivity index (χ0n) is 15.8. The number of morpholine rings is 1. The minimum Gasteiger partial charge on any atom is -0.378 e. The molecule has 0 amide bonds. The Bertz CT molecular complexity index is 921. The van der Waals surface area contributed by atoms with Crippen LogP contribution in [0.2, 0.25) is 0 Å². The van der Waals surface area contributed by atoms with Crippen molar-refractivity contribution in [3.8, 4) is 11.3 Å². The van der Waals surface area contributed by atoms with E-state index in [1.165, 1.54) is 11.1 Å². The Hall–Kier alpha value is -2.92. The van der Waals surface area contributed by atoms with Gasteiger partial charge in [-0.2, -0.15) is 4.98 Å². The van der Waals surface area contributed by atoms with Gasteiger partial charge in [0.2, 0.25) is 5.95 Å². The van der Waals surface area contributed by atoms with E-state index in [0.717, 1.165) is 49.1 Å². The van der Waals surface area contributed by atoms with Crippen molar-refractivity contribution in [2.24, 2.45) is 0 Å². The summed E-state index contributed by atoms with van der Waals surface area (Å²) in [6, 6.07) is 18.6. The molecule has 27 heavy (non-hydrogen) atoms. The van der Waals surface area contributed by atoms with E-state index < -0.39 is 0 Å². The molecule has 0 spiro atoms. The van der Waals surface area contributed by atoms with Crippen LogP contribution in [-0.2, 0) is 4.74 Å². The van der Waals surface area contributed by atoms with Gasteiger partial charge in [-0.25, -0.2) is 4.98 Å². The Balaban J connectivity index is 1.73. The molecule has 1 fully saturated rings. The Morgan fingerprint density at radius 3 is 2.44 bits per heavy atom. The van der Waals surface area contributed by atoms with Gasteiger partial charge in [0.15, 0.2) is 0 Å². The van der Waals surface area contributed by atoms with Gasteiger partial charge in [-0.15, -0.1) is 0 Å². The van der Waals surface area contributed by atoms with E-state index >= 15 is 0 Å². The lowest BCUT2D eigenvalue weighted by Crippen LogP contribution is -2.36. The molecule has 2 heterocycles.